The number of allylic oxidation sites excluding steroid dienone is 2. The Morgan fingerprint density at radius 3 is 1.94 bits per heavy atom. The molecule has 0 heterocycles. The van der Waals surface area contributed by atoms with Gasteiger partial charge in [0.1, 0.15) is 0 Å². The van der Waals surface area contributed by atoms with Crippen molar-refractivity contribution in [1.82, 2.24) is 3.88 Å². The van der Waals surface area contributed by atoms with Crippen molar-refractivity contribution in [2.24, 2.45) is 4.99 Å². The van der Waals surface area contributed by atoms with E-state index in [0.717, 1.165) is 28.4 Å². The molecule has 0 bridgehead atoms. The maximum absolute atomic E-state index is 4.46. The summed E-state index contributed by atoms with van der Waals surface area (Å²) in [5.74, 6) is 0. The number of hydrogen-bond donors (Lipinski definition) is 0. The van der Waals surface area contributed by atoms with Gasteiger partial charge in [-0.05, 0) is 46.0 Å². The first-order valence-corrected chi connectivity index (χ1v) is 9.16. The molecule has 0 amide bonds. The Hall–Kier alpha value is -0.258. The van der Waals surface area contributed by atoms with E-state index >= 15 is 0 Å². The maximum Gasteiger partial charge on any atom is 0.419 e. The van der Waals surface area contributed by atoms with Crippen LogP contribution in [0, 0.1) is 0 Å². The van der Waals surface area contributed by atoms with Crippen LogP contribution in [-0.4, -0.2) is 37.1 Å². The van der Waals surface area contributed by atoms with Gasteiger partial charge in [-0.15, -0.1) is 0 Å². The second-order valence-corrected chi connectivity index (χ2v) is 9.94. The van der Waals surface area contributed by atoms with E-state index in [9.17, 15) is 0 Å². The summed E-state index contributed by atoms with van der Waals surface area (Å²) in [6.45, 7) is 20.2. The minimum atomic E-state index is -0.922. The van der Waals surface area contributed by atoms with Crippen molar-refractivity contribution in [3.8, 4) is 0 Å². The molecular formula is C15H31AlN2. The first kappa shape index (κ1) is 17.7. The highest BCUT2D eigenvalue weighted by atomic mass is 27.2. The van der Waals surface area contributed by atoms with Crippen LogP contribution in [0.2, 0.25) is 9.56 Å². The normalized spacial score (nSPS) is 13.4. The summed E-state index contributed by atoms with van der Waals surface area (Å²) in [6.07, 6.45) is 2.25. The van der Waals surface area contributed by atoms with Crippen molar-refractivity contribution in [3.05, 3.63) is 11.8 Å². The van der Waals surface area contributed by atoms with Gasteiger partial charge in [0.25, 0.3) is 0 Å². The molecule has 0 fully saturated rings. The Morgan fingerprint density at radius 1 is 1.11 bits per heavy atom. The van der Waals surface area contributed by atoms with Gasteiger partial charge in [0.15, 0.2) is 0 Å². The molecule has 3 heteroatoms. The lowest BCUT2D eigenvalue weighted by Crippen LogP contribution is -2.42. The summed E-state index contributed by atoms with van der Waals surface area (Å²) in [5, 5.41) is 0. The quantitative estimate of drug-likeness (QED) is 0.489. The van der Waals surface area contributed by atoms with Gasteiger partial charge in [-0.25, -0.2) is 0 Å². The third kappa shape index (κ3) is 5.59. The standard InChI is InChI=1S/C9H17N2.2C3H7.Al/c1-5-10-8(3)7-9(4)11-6-2;2*1-3-2;/h7H,5-6H2,1-4H3;2*3H,1-2H3;/q-1;;;+1/b8-7-,11-9?;;;. The smallest absolute Gasteiger partial charge is 0.419 e. The van der Waals surface area contributed by atoms with E-state index in [2.05, 4.69) is 70.3 Å². The number of aliphatic imine (C=N–C) groups is 1. The molecule has 18 heavy (non-hydrogen) atoms. The maximum atomic E-state index is 4.46. The molecule has 0 atom stereocenters. The summed E-state index contributed by atoms with van der Waals surface area (Å²) in [6, 6.07) is 0. The molecule has 0 unspecified atom stereocenters. The van der Waals surface area contributed by atoms with Crippen molar-refractivity contribution >= 4 is 20.1 Å². The second kappa shape index (κ2) is 8.78. The lowest BCUT2D eigenvalue weighted by atomic mass is 10.3. The molecule has 0 saturated carbocycles. The Kier molecular flexibility index (Phi) is 8.65. The summed E-state index contributed by atoms with van der Waals surface area (Å²) >= 11 is -0.922. The zero-order valence-electron chi connectivity index (χ0n) is 13.6. The van der Waals surface area contributed by atoms with Crippen LogP contribution in [0.5, 0.6) is 0 Å². The molecule has 0 aliphatic heterocycles. The first-order chi connectivity index (χ1) is 8.34. The summed E-state index contributed by atoms with van der Waals surface area (Å²) in [7, 11) is 0. The molecule has 104 valence electrons. The monoisotopic (exact) mass is 266 g/mol. The lowest BCUT2D eigenvalue weighted by Gasteiger charge is -2.35. The first-order valence-electron chi connectivity index (χ1n) is 7.31. The zero-order valence-corrected chi connectivity index (χ0v) is 14.8. The van der Waals surface area contributed by atoms with Crippen LogP contribution < -0.4 is 0 Å². The van der Waals surface area contributed by atoms with E-state index in [0.29, 0.717) is 0 Å². The molecule has 0 aromatic heterocycles. The fraction of sp³-hybridized carbons (Fsp3) is 0.800. The van der Waals surface area contributed by atoms with Gasteiger partial charge >= 0.3 is 14.4 Å². The van der Waals surface area contributed by atoms with Crippen molar-refractivity contribution in [2.45, 2.75) is 64.9 Å². The fourth-order valence-corrected chi connectivity index (χ4v) is 6.81. The Balaban J connectivity index is 5.11. The Bertz CT molecular complexity index is 285. The largest absolute Gasteiger partial charge is 0.466 e. The number of rotatable bonds is 7. The van der Waals surface area contributed by atoms with Gasteiger partial charge in [-0.1, -0.05) is 37.3 Å². The van der Waals surface area contributed by atoms with Gasteiger partial charge in [-0.2, -0.15) is 0 Å². The van der Waals surface area contributed by atoms with Crippen molar-refractivity contribution in [1.29, 1.82) is 0 Å². The van der Waals surface area contributed by atoms with E-state index in [1.807, 2.05) is 0 Å². The van der Waals surface area contributed by atoms with Gasteiger partial charge in [0.2, 0.25) is 0 Å². The van der Waals surface area contributed by atoms with Crippen molar-refractivity contribution in [2.75, 3.05) is 13.1 Å². The molecule has 2 nitrogen and oxygen atoms in total. The third-order valence-electron chi connectivity index (χ3n) is 3.34. The van der Waals surface area contributed by atoms with E-state index in [4.69, 9.17) is 0 Å². The van der Waals surface area contributed by atoms with Gasteiger partial charge in [-0.3, -0.25) is 4.99 Å². The highest BCUT2D eigenvalue weighted by Crippen LogP contribution is 2.26. The van der Waals surface area contributed by atoms with Crippen molar-refractivity contribution < 1.29 is 0 Å². The average Bonchev–Trinajstić information content (AvgIpc) is 2.24. The lowest BCUT2D eigenvalue weighted by molar-refractivity contribution is 0.532. The molecule has 0 aromatic rings. The van der Waals surface area contributed by atoms with Gasteiger partial charge < -0.3 is 3.88 Å². The van der Waals surface area contributed by atoms with Crippen LogP contribution in [0.4, 0.5) is 0 Å². The van der Waals surface area contributed by atoms with Crippen LogP contribution in [-0.2, 0) is 0 Å². The Morgan fingerprint density at radius 2 is 1.61 bits per heavy atom. The molecule has 0 aliphatic rings. The van der Waals surface area contributed by atoms with Crippen LogP contribution in [0.15, 0.2) is 16.8 Å². The number of nitrogens with zero attached hydrogens (tertiary/aromatic N) is 2. The highest BCUT2D eigenvalue weighted by molar-refractivity contribution is 6.59. The topological polar surface area (TPSA) is 15.6 Å². The highest BCUT2D eigenvalue weighted by Gasteiger charge is 2.33. The molecule has 0 aromatic carbocycles. The summed E-state index contributed by atoms with van der Waals surface area (Å²) < 4.78 is 4.26. The van der Waals surface area contributed by atoms with E-state index in [1.54, 1.807) is 0 Å². The molecule has 0 N–H and O–H groups in total. The molecule has 0 spiro atoms. The van der Waals surface area contributed by atoms with E-state index in [1.165, 1.54) is 5.70 Å². The zero-order chi connectivity index (χ0) is 14.3. The number of hydrogen-bond acceptors (Lipinski definition) is 2. The molecule has 0 aliphatic carbocycles. The van der Waals surface area contributed by atoms with Crippen LogP contribution >= 0.6 is 0 Å². The molecule has 0 rings (SSSR count). The second-order valence-electron chi connectivity index (χ2n) is 5.67. The molecular weight excluding hydrogens is 235 g/mol. The predicted octanol–water partition coefficient (Wildman–Crippen LogP) is 4.50. The minimum absolute atomic E-state index is 0.803. The minimum Gasteiger partial charge on any atom is -0.466 e. The van der Waals surface area contributed by atoms with Crippen LogP contribution in [0.1, 0.15) is 55.4 Å². The van der Waals surface area contributed by atoms with Crippen LogP contribution in [0.3, 0.4) is 0 Å². The summed E-state index contributed by atoms with van der Waals surface area (Å²) in [5.41, 5.74) is 2.54. The van der Waals surface area contributed by atoms with Crippen molar-refractivity contribution in [3.63, 3.8) is 0 Å². The average molecular weight is 266 g/mol. The predicted molar refractivity (Wildman–Crippen MR) is 85.7 cm³/mol. The summed E-state index contributed by atoms with van der Waals surface area (Å²) in [4.78, 5) is 4.46. The van der Waals surface area contributed by atoms with Crippen LogP contribution in [0.25, 0.3) is 0 Å². The molecule has 0 radical (unpaired) electrons. The fourth-order valence-electron chi connectivity index (χ4n) is 2.87. The SMILES string of the molecule is CCN=C(C)/C=C(/C)[N](CC)[Al]([CH](C)C)[CH](C)C. The van der Waals surface area contributed by atoms with Gasteiger partial charge in [0, 0.05) is 12.3 Å². The third-order valence-corrected chi connectivity index (χ3v) is 7.57. The van der Waals surface area contributed by atoms with E-state index in [-0.39, 0.29) is 0 Å². The van der Waals surface area contributed by atoms with E-state index < -0.39 is 14.4 Å². The van der Waals surface area contributed by atoms with Gasteiger partial charge in [0.05, 0.1) is 0 Å². The molecule has 0 saturated heterocycles. The Labute approximate surface area is 119 Å².